The van der Waals surface area contributed by atoms with Gasteiger partial charge >= 0.3 is 0 Å². The fourth-order valence-electron chi connectivity index (χ4n) is 1.69. The van der Waals surface area contributed by atoms with Crippen LogP contribution in [0.15, 0.2) is 0 Å². The second-order valence-electron chi connectivity index (χ2n) is 5.50. The van der Waals surface area contributed by atoms with Crippen molar-refractivity contribution in [3.8, 4) is 0 Å². The van der Waals surface area contributed by atoms with Crippen molar-refractivity contribution >= 4 is 36.6 Å². The summed E-state index contributed by atoms with van der Waals surface area (Å²) in [4.78, 5) is 24.6. The van der Waals surface area contributed by atoms with E-state index in [4.69, 9.17) is 5.73 Å². The molecule has 4 N–H and O–H groups in total. The second kappa shape index (κ2) is 11.1. The van der Waals surface area contributed by atoms with Crippen molar-refractivity contribution in [2.75, 3.05) is 33.7 Å². The summed E-state index contributed by atoms with van der Waals surface area (Å²) in [6.45, 7) is 6.88. The lowest BCUT2D eigenvalue weighted by atomic mass is 9.85. The van der Waals surface area contributed by atoms with E-state index in [1.54, 1.807) is 0 Å². The number of halogens is 2. The van der Waals surface area contributed by atoms with Crippen molar-refractivity contribution in [1.29, 1.82) is 0 Å². The summed E-state index contributed by atoms with van der Waals surface area (Å²) in [6, 6.07) is 0.0159. The molecule has 0 saturated heterocycles. The number of hydrogen-bond donors (Lipinski definition) is 3. The Kier molecular flexibility index (Phi) is 13.6. The summed E-state index contributed by atoms with van der Waals surface area (Å²) < 4.78 is 0. The quantitative estimate of drug-likeness (QED) is 0.613. The minimum absolute atomic E-state index is 0. The highest BCUT2D eigenvalue weighted by atomic mass is 35.5. The summed E-state index contributed by atoms with van der Waals surface area (Å²) in [5.74, 6) is -0.526. The van der Waals surface area contributed by atoms with Gasteiger partial charge in [0.25, 0.3) is 0 Å². The van der Waals surface area contributed by atoms with Crippen LogP contribution >= 0.6 is 24.8 Å². The van der Waals surface area contributed by atoms with Gasteiger partial charge in [-0.15, -0.1) is 24.8 Å². The fourth-order valence-corrected chi connectivity index (χ4v) is 1.69. The first-order valence-corrected chi connectivity index (χ1v) is 6.10. The highest BCUT2D eigenvalue weighted by Crippen LogP contribution is 2.20. The molecule has 0 heterocycles. The van der Waals surface area contributed by atoms with Crippen molar-refractivity contribution in [1.82, 2.24) is 15.5 Å². The van der Waals surface area contributed by atoms with E-state index in [2.05, 4.69) is 29.4 Å². The summed E-state index contributed by atoms with van der Waals surface area (Å²) in [5, 5.41) is 5.33. The zero-order chi connectivity index (χ0) is 14.3. The molecule has 20 heavy (non-hydrogen) atoms. The van der Waals surface area contributed by atoms with Crippen molar-refractivity contribution < 1.29 is 9.59 Å². The molecule has 0 aliphatic rings. The molecule has 0 radical (unpaired) electrons. The fraction of sp³-hybridized carbons (Fsp3) is 0.833. The molecular formula is C12H28Cl2N4O2. The van der Waals surface area contributed by atoms with Gasteiger partial charge in [0, 0.05) is 12.6 Å². The molecule has 2 amide bonds. The first-order chi connectivity index (χ1) is 8.19. The number of rotatable bonds is 7. The number of carbonyl (C=O) groups excluding carboxylic acids is 2. The number of nitrogens with zero attached hydrogens (tertiary/aromatic N) is 1. The standard InChI is InChI=1S/C12H26N4O2.2ClH/c1-9(12(2,3)8-16(4)5)15-11(18)7-14-10(17)6-13;;/h9H,6-8,13H2,1-5H3,(H,14,17)(H,15,18);2*1H. The van der Waals surface area contributed by atoms with Crippen LogP contribution in [0.3, 0.4) is 0 Å². The van der Waals surface area contributed by atoms with Crippen LogP contribution in [0.4, 0.5) is 0 Å². The highest BCUT2D eigenvalue weighted by molar-refractivity contribution is 5.86. The average molecular weight is 331 g/mol. The Morgan fingerprint density at radius 1 is 1.20 bits per heavy atom. The van der Waals surface area contributed by atoms with Gasteiger partial charge in [0.05, 0.1) is 13.1 Å². The smallest absolute Gasteiger partial charge is 0.239 e. The number of nitrogens with two attached hydrogens (primary N) is 1. The SMILES string of the molecule is CC(NC(=O)CNC(=O)CN)C(C)(C)CN(C)C.Cl.Cl. The van der Waals surface area contributed by atoms with E-state index < -0.39 is 0 Å². The van der Waals surface area contributed by atoms with Gasteiger partial charge in [-0.1, -0.05) is 13.8 Å². The summed E-state index contributed by atoms with van der Waals surface area (Å²) in [5.41, 5.74) is 5.09. The monoisotopic (exact) mass is 330 g/mol. The molecular weight excluding hydrogens is 303 g/mol. The van der Waals surface area contributed by atoms with Crippen molar-refractivity contribution in [2.24, 2.45) is 11.1 Å². The lowest BCUT2D eigenvalue weighted by molar-refractivity contribution is -0.126. The molecule has 0 aromatic heterocycles. The van der Waals surface area contributed by atoms with Crippen LogP contribution in [-0.2, 0) is 9.59 Å². The molecule has 0 bridgehead atoms. The molecule has 0 aromatic carbocycles. The van der Waals surface area contributed by atoms with Crippen LogP contribution in [0.1, 0.15) is 20.8 Å². The molecule has 0 rings (SSSR count). The molecule has 0 aromatic rings. The Morgan fingerprint density at radius 2 is 1.70 bits per heavy atom. The molecule has 1 unspecified atom stereocenters. The van der Waals surface area contributed by atoms with Crippen molar-refractivity contribution in [3.05, 3.63) is 0 Å². The van der Waals surface area contributed by atoms with Crippen molar-refractivity contribution in [2.45, 2.75) is 26.8 Å². The molecule has 0 aliphatic heterocycles. The zero-order valence-electron chi connectivity index (χ0n) is 12.9. The molecule has 0 saturated carbocycles. The van der Waals surface area contributed by atoms with E-state index in [0.717, 1.165) is 6.54 Å². The minimum atomic E-state index is -0.328. The maximum Gasteiger partial charge on any atom is 0.239 e. The predicted molar refractivity (Wildman–Crippen MR) is 86.5 cm³/mol. The Bertz CT molecular complexity index is 299. The van der Waals surface area contributed by atoms with Gasteiger partial charge in [0.1, 0.15) is 0 Å². The number of hydrogen-bond acceptors (Lipinski definition) is 4. The van der Waals surface area contributed by atoms with Gasteiger partial charge in [-0.2, -0.15) is 0 Å². The lowest BCUT2D eigenvalue weighted by Gasteiger charge is -2.34. The maximum atomic E-state index is 11.6. The van der Waals surface area contributed by atoms with Crippen LogP contribution in [-0.4, -0.2) is 56.5 Å². The van der Waals surface area contributed by atoms with E-state index in [0.29, 0.717) is 0 Å². The summed E-state index contributed by atoms with van der Waals surface area (Å²) in [6.07, 6.45) is 0. The van der Waals surface area contributed by atoms with Gasteiger partial charge in [0.15, 0.2) is 0 Å². The highest BCUT2D eigenvalue weighted by Gasteiger charge is 2.27. The molecule has 0 fully saturated rings. The van der Waals surface area contributed by atoms with E-state index in [-0.39, 0.29) is 61.2 Å². The summed E-state index contributed by atoms with van der Waals surface area (Å²) >= 11 is 0. The van der Waals surface area contributed by atoms with Crippen LogP contribution in [0, 0.1) is 5.41 Å². The van der Waals surface area contributed by atoms with Crippen LogP contribution in [0.25, 0.3) is 0 Å². The minimum Gasteiger partial charge on any atom is -0.352 e. The predicted octanol–water partition coefficient (Wildman–Crippen LogP) is -0.00260. The van der Waals surface area contributed by atoms with E-state index in [1.807, 2.05) is 21.0 Å². The maximum absolute atomic E-state index is 11.6. The van der Waals surface area contributed by atoms with E-state index in [1.165, 1.54) is 0 Å². The van der Waals surface area contributed by atoms with Crippen LogP contribution < -0.4 is 16.4 Å². The van der Waals surface area contributed by atoms with Crippen molar-refractivity contribution in [3.63, 3.8) is 0 Å². The Morgan fingerprint density at radius 3 is 2.10 bits per heavy atom. The molecule has 0 spiro atoms. The first-order valence-electron chi connectivity index (χ1n) is 6.10. The second-order valence-corrected chi connectivity index (χ2v) is 5.50. The first kappa shape index (κ1) is 24.5. The number of amides is 2. The zero-order valence-corrected chi connectivity index (χ0v) is 14.5. The molecule has 1 atom stereocenters. The van der Waals surface area contributed by atoms with E-state index in [9.17, 15) is 9.59 Å². The Hall–Kier alpha value is -0.560. The molecule has 8 heteroatoms. The number of nitrogens with one attached hydrogen (secondary N) is 2. The third kappa shape index (κ3) is 10.3. The average Bonchev–Trinajstić information content (AvgIpc) is 2.23. The van der Waals surface area contributed by atoms with Gasteiger partial charge in [-0.05, 0) is 26.4 Å². The molecule has 0 aliphatic carbocycles. The van der Waals surface area contributed by atoms with Gasteiger partial charge in [-0.3, -0.25) is 9.59 Å². The van der Waals surface area contributed by atoms with Gasteiger partial charge in [0.2, 0.25) is 11.8 Å². The van der Waals surface area contributed by atoms with Crippen LogP contribution in [0.5, 0.6) is 0 Å². The van der Waals surface area contributed by atoms with Gasteiger partial charge < -0.3 is 21.3 Å². The molecule has 6 nitrogen and oxygen atoms in total. The van der Waals surface area contributed by atoms with E-state index >= 15 is 0 Å². The largest absolute Gasteiger partial charge is 0.352 e. The Balaban J connectivity index is -0.00000144. The lowest BCUT2D eigenvalue weighted by Crippen LogP contribution is -2.50. The summed E-state index contributed by atoms with van der Waals surface area (Å²) in [7, 11) is 4.00. The Labute approximate surface area is 134 Å². The topological polar surface area (TPSA) is 87.5 Å². The van der Waals surface area contributed by atoms with Crippen LogP contribution in [0.2, 0.25) is 0 Å². The normalized spacial score (nSPS) is 11.9. The molecule has 122 valence electrons. The van der Waals surface area contributed by atoms with Gasteiger partial charge in [-0.25, -0.2) is 0 Å². The third-order valence-corrected chi connectivity index (χ3v) is 2.90. The third-order valence-electron chi connectivity index (χ3n) is 2.90. The number of carbonyl (C=O) groups is 2.